The van der Waals surface area contributed by atoms with Crippen molar-refractivity contribution in [2.24, 2.45) is 0 Å². The fourth-order valence-electron chi connectivity index (χ4n) is 3.72. The van der Waals surface area contributed by atoms with Gasteiger partial charge in [-0.05, 0) is 31.9 Å². The lowest BCUT2D eigenvalue weighted by Gasteiger charge is -2.20. The summed E-state index contributed by atoms with van der Waals surface area (Å²) in [4.78, 5) is 19.5. The summed E-state index contributed by atoms with van der Waals surface area (Å²) < 4.78 is 7.04. The first kappa shape index (κ1) is 18.7. The summed E-state index contributed by atoms with van der Waals surface area (Å²) in [5, 5.41) is 5.75. The number of benzene rings is 1. The smallest absolute Gasteiger partial charge is 0.256 e. The summed E-state index contributed by atoms with van der Waals surface area (Å²) in [5.74, 6) is 0.688. The van der Waals surface area contributed by atoms with Gasteiger partial charge in [0.05, 0.1) is 34.5 Å². The normalized spacial score (nSPS) is 14.9. The molecule has 1 aliphatic heterocycles. The van der Waals surface area contributed by atoms with Gasteiger partial charge in [0.1, 0.15) is 5.75 Å². The minimum Gasteiger partial charge on any atom is -0.497 e. The zero-order chi connectivity index (χ0) is 19.7. The number of aryl methyl sites for hydroxylation is 1. The SMILES string of the molecule is COc1cccc(-n2nc(C)c3c(Cl)c(C(=O)N4CCCCCC4)cnc32)c1. The molecule has 28 heavy (non-hydrogen) atoms. The number of nitrogens with zero attached hydrogens (tertiary/aromatic N) is 4. The second-order valence-corrected chi connectivity index (χ2v) is 7.47. The number of ether oxygens (including phenoxy) is 1. The van der Waals surface area contributed by atoms with E-state index in [0.717, 1.165) is 43.1 Å². The molecule has 2 aromatic heterocycles. The molecule has 0 atom stereocenters. The highest BCUT2D eigenvalue weighted by molar-refractivity contribution is 6.38. The number of fused-ring (bicyclic) bond motifs is 1. The molecule has 0 bridgehead atoms. The highest BCUT2D eigenvalue weighted by atomic mass is 35.5. The highest BCUT2D eigenvalue weighted by Crippen LogP contribution is 2.31. The van der Waals surface area contributed by atoms with Crippen LogP contribution < -0.4 is 4.74 Å². The first-order valence-electron chi connectivity index (χ1n) is 9.57. The molecule has 0 saturated carbocycles. The molecular formula is C21H23ClN4O2. The molecule has 1 saturated heterocycles. The molecule has 0 unspecified atom stereocenters. The van der Waals surface area contributed by atoms with Gasteiger partial charge < -0.3 is 9.64 Å². The number of pyridine rings is 1. The van der Waals surface area contributed by atoms with E-state index >= 15 is 0 Å². The Morgan fingerprint density at radius 1 is 1.18 bits per heavy atom. The van der Waals surface area contributed by atoms with Gasteiger partial charge in [-0.1, -0.05) is 30.5 Å². The molecule has 7 heteroatoms. The van der Waals surface area contributed by atoms with Crippen LogP contribution in [0.4, 0.5) is 0 Å². The summed E-state index contributed by atoms with van der Waals surface area (Å²) in [6.07, 6.45) is 5.98. The lowest BCUT2D eigenvalue weighted by atomic mass is 10.1. The third-order valence-corrected chi connectivity index (χ3v) is 5.62. The number of carbonyl (C=O) groups is 1. The highest BCUT2D eigenvalue weighted by Gasteiger charge is 2.24. The number of rotatable bonds is 3. The number of aromatic nitrogens is 3. The average molecular weight is 399 g/mol. The van der Waals surface area contributed by atoms with Crippen LogP contribution in [0.5, 0.6) is 5.75 Å². The number of amides is 1. The molecule has 1 amide bonds. The number of hydrogen-bond acceptors (Lipinski definition) is 4. The monoisotopic (exact) mass is 398 g/mol. The van der Waals surface area contributed by atoms with Crippen LogP contribution in [0.3, 0.4) is 0 Å². The summed E-state index contributed by atoms with van der Waals surface area (Å²) >= 11 is 6.70. The van der Waals surface area contributed by atoms with Crippen molar-refractivity contribution in [3.8, 4) is 11.4 Å². The van der Waals surface area contributed by atoms with Gasteiger partial charge >= 0.3 is 0 Å². The molecular weight excluding hydrogens is 376 g/mol. The van der Waals surface area contributed by atoms with Gasteiger partial charge in [-0.2, -0.15) is 5.10 Å². The first-order chi connectivity index (χ1) is 13.6. The maximum atomic E-state index is 13.0. The van der Waals surface area contributed by atoms with Gasteiger partial charge in [-0.3, -0.25) is 4.79 Å². The standard InChI is InChI=1S/C21H23ClN4O2/c1-14-18-19(22)17(21(27)25-10-5-3-4-6-11-25)13-23-20(18)26(24-14)15-8-7-9-16(12-15)28-2/h7-9,12-13H,3-6,10-11H2,1-2H3. The van der Waals surface area contributed by atoms with Crippen LogP contribution in [0, 0.1) is 6.92 Å². The molecule has 1 aliphatic rings. The summed E-state index contributed by atoms with van der Waals surface area (Å²) in [7, 11) is 1.63. The maximum absolute atomic E-state index is 13.0. The summed E-state index contributed by atoms with van der Waals surface area (Å²) in [5.41, 5.74) is 2.64. The van der Waals surface area contributed by atoms with E-state index in [-0.39, 0.29) is 5.91 Å². The fourth-order valence-corrected chi connectivity index (χ4v) is 4.07. The Labute approximate surface area is 169 Å². The quantitative estimate of drug-likeness (QED) is 0.655. The van der Waals surface area contributed by atoms with Crippen molar-refractivity contribution in [3.63, 3.8) is 0 Å². The predicted molar refractivity (Wildman–Crippen MR) is 110 cm³/mol. The molecule has 0 aliphatic carbocycles. The van der Waals surface area contributed by atoms with Crippen LogP contribution in [0.2, 0.25) is 5.02 Å². The maximum Gasteiger partial charge on any atom is 0.256 e. The molecule has 0 spiro atoms. The van der Waals surface area contributed by atoms with Crippen molar-refractivity contribution < 1.29 is 9.53 Å². The Morgan fingerprint density at radius 3 is 2.64 bits per heavy atom. The van der Waals surface area contributed by atoms with Crippen LogP contribution >= 0.6 is 11.6 Å². The molecule has 0 radical (unpaired) electrons. The van der Waals surface area contributed by atoms with E-state index in [9.17, 15) is 4.79 Å². The number of hydrogen-bond donors (Lipinski definition) is 0. The Hall–Kier alpha value is -2.60. The minimum absolute atomic E-state index is 0.0465. The first-order valence-corrected chi connectivity index (χ1v) is 9.95. The van der Waals surface area contributed by atoms with E-state index in [2.05, 4.69) is 10.1 Å². The second-order valence-electron chi connectivity index (χ2n) is 7.09. The number of carbonyl (C=O) groups excluding carboxylic acids is 1. The number of likely N-dealkylation sites (tertiary alicyclic amines) is 1. The van der Waals surface area contributed by atoms with E-state index in [1.807, 2.05) is 36.1 Å². The van der Waals surface area contributed by atoms with Gasteiger partial charge in [0.25, 0.3) is 5.91 Å². The molecule has 146 valence electrons. The van der Waals surface area contributed by atoms with Crippen molar-refractivity contribution in [1.82, 2.24) is 19.7 Å². The third kappa shape index (κ3) is 3.33. The summed E-state index contributed by atoms with van der Waals surface area (Å²) in [6.45, 7) is 3.43. The molecule has 3 aromatic rings. The zero-order valence-electron chi connectivity index (χ0n) is 16.1. The molecule has 4 rings (SSSR count). The van der Waals surface area contributed by atoms with Gasteiger partial charge in [0.15, 0.2) is 5.65 Å². The van der Waals surface area contributed by atoms with Crippen molar-refractivity contribution in [2.75, 3.05) is 20.2 Å². The van der Waals surface area contributed by atoms with E-state index in [1.165, 1.54) is 12.8 Å². The van der Waals surface area contributed by atoms with Gasteiger partial charge in [0, 0.05) is 25.4 Å². The Kier molecular flexibility index (Phi) is 5.22. The zero-order valence-corrected chi connectivity index (χ0v) is 16.9. The number of halogens is 1. The minimum atomic E-state index is -0.0465. The molecule has 1 aromatic carbocycles. The van der Waals surface area contributed by atoms with E-state index in [0.29, 0.717) is 21.6 Å². The average Bonchev–Trinajstić information content (AvgIpc) is 2.88. The number of methoxy groups -OCH3 is 1. The van der Waals surface area contributed by atoms with Crippen LogP contribution in [-0.2, 0) is 0 Å². The van der Waals surface area contributed by atoms with Gasteiger partial charge in [-0.15, -0.1) is 0 Å². The molecule has 6 nitrogen and oxygen atoms in total. The topological polar surface area (TPSA) is 60.3 Å². The van der Waals surface area contributed by atoms with Crippen LogP contribution in [0.15, 0.2) is 30.5 Å². The lowest BCUT2D eigenvalue weighted by Crippen LogP contribution is -2.32. The van der Waals surface area contributed by atoms with Crippen LogP contribution in [0.1, 0.15) is 41.7 Å². The predicted octanol–water partition coefficient (Wildman–Crippen LogP) is 4.41. The Balaban J connectivity index is 1.77. The van der Waals surface area contributed by atoms with Crippen molar-refractivity contribution >= 4 is 28.5 Å². The van der Waals surface area contributed by atoms with E-state index in [1.54, 1.807) is 18.0 Å². The summed E-state index contributed by atoms with van der Waals surface area (Å²) in [6, 6.07) is 7.59. The second kappa shape index (κ2) is 7.80. The lowest BCUT2D eigenvalue weighted by molar-refractivity contribution is 0.0761. The van der Waals surface area contributed by atoms with Crippen molar-refractivity contribution in [1.29, 1.82) is 0 Å². The fraction of sp³-hybridized carbons (Fsp3) is 0.381. The van der Waals surface area contributed by atoms with Gasteiger partial charge in [-0.25, -0.2) is 9.67 Å². The Bertz CT molecular complexity index is 1020. The molecule has 1 fully saturated rings. The van der Waals surface area contributed by atoms with E-state index in [4.69, 9.17) is 16.3 Å². The van der Waals surface area contributed by atoms with Crippen molar-refractivity contribution in [3.05, 3.63) is 46.7 Å². The Morgan fingerprint density at radius 2 is 1.93 bits per heavy atom. The van der Waals surface area contributed by atoms with Gasteiger partial charge in [0.2, 0.25) is 0 Å². The van der Waals surface area contributed by atoms with E-state index < -0.39 is 0 Å². The van der Waals surface area contributed by atoms with Crippen LogP contribution in [0.25, 0.3) is 16.7 Å². The molecule has 3 heterocycles. The van der Waals surface area contributed by atoms with Crippen molar-refractivity contribution in [2.45, 2.75) is 32.6 Å². The molecule has 0 N–H and O–H groups in total. The third-order valence-electron chi connectivity index (χ3n) is 5.23. The largest absolute Gasteiger partial charge is 0.497 e. The van der Waals surface area contributed by atoms with Crippen LogP contribution in [-0.4, -0.2) is 45.8 Å².